The standard InChI is InChI=1S/C21H17ClF3N3O5/c22-15-7-3-1-5-13(15)19(31)27-28-10-12(9-18(28)30)20(32)33-11-17(29)26-16-8-4-2-6-14(16)21(23,24)25/h1-8,12H,9-11H2,(H,26,29)(H,27,31)/t12-/m0/s1. The predicted molar refractivity (Wildman–Crippen MR) is 110 cm³/mol. The molecule has 2 N–H and O–H groups in total. The quantitative estimate of drug-likeness (QED) is 0.615. The molecule has 8 nitrogen and oxygen atoms in total. The van der Waals surface area contributed by atoms with Crippen molar-refractivity contribution in [3.05, 3.63) is 64.7 Å². The van der Waals surface area contributed by atoms with Crippen molar-refractivity contribution < 1.29 is 37.1 Å². The van der Waals surface area contributed by atoms with E-state index in [2.05, 4.69) is 5.43 Å². The molecule has 0 radical (unpaired) electrons. The Labute approximate surface area is 190 Å². The molecule has 3 rings (SSSR count). The van der Waals surface area contributed by atoms with Crippen LogP contribution < -0.4 is 10.7 Å². The average Bonchev–Trinajstić information content (AvgIpc) is 3.12. The number of carbonyl (C=O) groups is 4. The summed E-state index contributed by atoms with van der Waals surface area (Å²) in [5.74, 6) is -4.06. The van der Waals surface area contributed by atoms with E-state index < -0.39 is 53.6 Å². The van der Waals surface area contributed by atoms with Crippen LogP contribution in [0.4, 0.5) is 18.9 Å². The van der Waals surface area contributed by atoms with Crippen LogP contribution >= 0.6 is 11.6 Å². The Bertz CT molecular complexity index is 1090. The summed E-state index contributed by atoms with van der Waals surface area (Å²) in [4.78, 5) is 48.6. The van der Waals surface area contributed by atoms with Crippen LogP contribution in [-0.4, -0.2) is 41.9 Å². The number of hydrazine groups is 1. The molecule has 1 atom stereocenters. The second-order valence-corrected chi connectivity index (χ2v) is 7.43. The Hall–Kier alpha value is -3.60. The molecule has 1 fully saturated rings. The summed E-state index contributed by atoms with van der Waals surface area (Å²) < 4.78 is 43.8. The highest BCUT2D eigenvalue weighted by atomic mass is 35.5. The lowest BCUT2D eigenvalue weighted by Crippen LogP contribution is -2.43. The number of hydrogen-bond donors (Lipinski definition) is 2. The molecule has 2 aromatic carbocycles. The first-order valence-corrected chi connectivity index (χ1v) is 9.92. The number of benzene rings is 2. The highest BCUT2D eigenvalue weighted by Crippen LogP contribution is 2.34. The molecular weight excluding hydrogens is 467 g/mol. The first-order valence-electron chi connectivity index (χ1n) is 9.55. The predicted octanol–water partition coefficient (Wildman–Crippen LogP) is 3.03. The van der Waals surface area contributed by atoms with Crippen LogP contribution in [0.1, 0.15) is 22.3 Å². The van der Waals surface area contributed by atoms with E-state index in [9.17, 15) is 32.3 Å². The van der Waals surface area contributed by atoms with Gasteiger partial charge in [-0.15, -0.1) is 0 Å². The molecule has 0 bridgehead atoms. The van der Waals surface area contributed by atoms with Gasteiger partial charge in [0.15, 0.2) is 6.61 Å². The fourth-order valence-electron chi connectivity index (χ4n) is 3.08. The number of nitrogens with one attached hydrogen (secondary N) is 2. The third-order valence-electron chi connectivity index (χ3n) is 4.67. The van der Waals surface area contributed by atoms with E-state index in [1.807, 2.05) is 5.32 Å². The van der Waals surface area contributed by atoms with Gasteiger partial charge in [-0.05, 0) is 24.3 Å². The van der Waals surface area contributed by atoms with Crippen LogP contribution in [0, 0.1) is 5.92 Å². The van der Waals surface area contributed by atoms with E-state index in [0.717, 1.165) is 17.1 Å². The molecule has 174 valence electrons. The molecule has 1 heterocycles. The van der Waals surface area contributed by atoms with Crippen molar-refractivity contribution >= 4 is 41.0 Å². The van der Waals surface area contributed by atoms with Crippen molar-refractivity contribution in [2.75, 3.05) is 18.5 Å². The van der Waals surface area contributed by atoms with Crippen LogP contribution in [0.5, 0.6) is 0 Å². The molecule has 33 heavy (non-hydrogen) atoms. The van der Waals surface area contributed by atoms with Gasteiger partial charge in [-0.25, -0.2) is 0 Å². The van der Waals surface area contributed by atoms with Gasteiger partial charge in [-0.1, -0.05) is 35.9 Å². The summed E-state index contributed by atoms with van der Waals surface area (Å²) in [7, 11) is 0. The molecule has 3 amide bonds. The first kappa shape index (κ1) is 24.1. The van der Waals surface area contributed by atoms with Crippen LogP contribution in [0.25, 0.3) is 0 Å². The van der Waals surface area contributed by atoms with Gasteiger partial charge < -0.3 is 10.1 Å². The minimum atomic E-state index is -4.68. The molecule has 0 unspecified atom stereocenters. The maximum absolute atomic E-state index is 13.0. The zero-order chi connectivity index (χ0) is 24.2. The Morgan fingerprint density at radius 2 is 1.76 bits per heavy atom. The van der Waals surface area contributed by atoms with Crippen LogP contribution in [0.2, 0.25) is 5.02 Å². The van der Waals surface area contributed by atoms with Crippen molar-refractivity contribution in [2.24, 2.45) is 5.92 Å². The fraction of sp³-hybridized carbons (Fsp3) is 0.238. The van der Waals surface area contributed by atoms with Gasteiger partial charge >= 0.3 is 12.1 Å². The number of alkyl halides is 3. The monoisotopic (exact) mass is 483 g/mol. The summed E-state index contributed by atoms with van der Waals surface area (Å²) in [6.45, 7) is -1.05. The molecule has 1 saturated heterocycles. The summed E-state index contributed by atoms with van der Waals surface area (Å²) in [5, 5.41) is 3.17. The minimum Gasteiger partial charge on any atom is -0.455 e. The lowest BCUT2D eigenvalue weighted by atomic mass is 10.1. The Morgan fingerprint density at radius 1 is 1.09 bits per heavy atom. The topological polar surface area (TPSA) is 105 Å². The number of hydrogen-bond acceptors (Lipinski definition) is 5. The van der Waals surface area contributed by atoms with E-state index in [0.29, 0.717) is 0 Å². The van der Waals surface area contributed by atoms with Gasteiger partial charge in [0.1, 0.15) is 0 Å². The van der Waals surface area contributed by atoms with E-state index in [1.54, 1.807) is 12.1 Å². The normalized spacial score (nSPS) is 15.8. The first-order chi connectivity index (χ1) is 15.6. The number of nitrogens with zero attached hydrogens (tertiary/aromatic N) is 1. The van der Waals surface area contributed by atoms with E-state index in [1.165, 1.54) is 24.3 Å². The molecule has 2 aromatic rings. The van der Waals surface area contributed by atoms with Gasteiger partial charge in [0.25, 0.3) is 11.8 Å². The number of rotatable bonds is 6. The molecule has 0 aromatic heterocycles. The number of ether oxygens (including phenoxy) is 1. The largest absolute Gasteiger partial charge is 0.455 e. The van der Waals surface area contributed by atoms with E-state index in [4.69, 9.17) is 16.3 Å². The number of halogens is 4. The number of anilines is 1. The zero-order valence-electron chi connectivity index (χ0n) is 16.8. The van der Waals surface area contributed by atoms with E-state index in [-0.39, 0.29) is 23.6 Å². The summed E-state index contributed by atoms with van der Waals surface area (Å²) in [6.07, 6.45) is -4.96. The molecule has 0 spiro atoms. The molecule has 1 aliphatic rings. The van der Waals surface area contributed by atoms with Crippen molar-refractivity contribution in [2.45, 2.75) is 12.6 Å². The molecule has 12 heteroatoms. The Balaban J connectivity index is 1.52. The average molecular weight is 484 g/mol. The van der Waals surface area contributed by atoms with Crippen molar-refractivity contribution in [1.29, 1.82) is 0 Å². The highest BCUT2D eigenvalue weighted by Gasteiger charge is 2.37. The van der Waals surface area contributed by atoms with Gasteiger partial charge in [0, 0.05) is 6.42 Å². The maximum atomic E-state index is 13.0. The maximum Gasteiger partial charge on any atom is 0.418 e. The highest BCUT2D eigenvalue weighted by molar-refractivity contribution is 6.33. The molecular formula is C21H17ClF3N3O5. The number of para-hydroxylation sites is 1. The molecule has 0 saturated carbocycles. The van der Waals surface area contributed by atoms with Crippen molar-refractivity contribution in [3.8, 4) is 0 Å². The lowest BCUT2D eigenvalue weighted by Gasteiger charge is -2.18. The van der Waals surface area contributed by atoms with Gasteiger partial charge in [0.05, 0.1) is 34.3 Å². The second kappa shape index (κ2) is 9.90. The summed E-state index contributed by atoms with van der Waals surface area (Å²) in [5.41, 5.74) is 0.967. The molecule has 1 aliphatic heterocycles. The third-order valence-corrected chi connectivity index (χ3v) is 5.00. The van der Waals surface area contributed by atoms with Gasteiger partial charge in [-0.2, -0.15) is 13.2 Å². The van der Waals surface area contributed by atoms with Crippen molar-refractivity contribution in [3.63, 3.8) is 0 Å². The van der Waals surface area contributed by atoms with Crippen molar-refractivity contribution in [1.82, 2.24) is 10.4 Å². The fourth-order valence-corrected chi connectivity index (χ4v) is 3.30. The number of amides is 3. The van der Waals surface area contributed by atoms with Crippen LogP contribution in [0.3, 0.4) is 0 Å². The number of carbonyl (C=O) groups excluding carboxylic acids is 4. The Morgan fingerprint density at radius 3 is 2.45 bits per heavy atom. The third kappa shape index (κ3) is 6.01. The summed E-state index contributed by atoms with van der Waals surface area (Å²) in [6, 6.07) is 10.5. The van der Waals surface area contributed by atoms with Crippen LogP contribution in [-0.2, 0) is 25.3 Å². The van der Waals surface area contributed by atoms with E-state index >= 15 is 0 Å². The SMILES string of the molecule is O=C(COC(=O)[C@H]1CC(=O)N(NC(=O)c2ccccc2Cl)C1)Nc1ccccc1C(F)(F)F. The second-order valence-electron chi connectivity index (χ2n) is 7.03. The zero-order valence-corrected chi connectivity index (χ0v) is 17.6. The number of esters is 1. The van der Waals surface area contributed by atoms with Gasteiger partial charge in [-0.3, -0.25) is 29.6 Å². The van der Waals surface area contributed by atoms with Crippen LogP contribution in [0.15, 0.2) is 48.5 Å². The Kier molecular flexibility index (Phi) is 7.22. The lowest BCUT2D eigenvalue weighted by molar-refractivity contribution is -0.151. The molecule has 0 aliphatic carbocycles. The summed E-state index contributed by atoms with van der Waals surface area (Å²) >= 11 is 5.94. The smallest absolute Gasteiger partial charge is 0.418 e. The van der Waals surface area contributed by atoms with Gasteiger partial charge in [0.2, 0.25) is 5.91 Å². The minimum absolute atomic E-state index is 0.133.